The average Bonchev–Trinajstić information content (AvgIpc) is 2.58. The Balaban J connectivity index is 2.03. The molecule has 2 heterocycles. The highest BCUT2D eigenvalue weighted by Gasteiger charge is 2.30. The van der Waals surface area contributed by atoms with Crippen molar-refractivity contribution in [1.29, 1.82) is 0 Å². The van der Waals surface area contributed by atoms with Gasteiger partial charge in [-0.25, -0.2) is 0 Å². The fraction of sp³-hybridized carbons (Fsp3) is 0.667. The molecule has 2 rings (SSSR count). The first-order chi connectivity index (χ1) is 7.18. The quantitative estimate of drug-likeness (QED) is 0.833. The minimum absolute atomic E-state index is 0.504. The molecule has 1 fully saturated rings. The Labute approximate surface area is 95.5 Å². The van der Waals surface area contributed by atoms with Gasteiger partial charge in [-0.3, -0.25) is 0 Å². The van der Waals surface area contributed by atoms with E-state index in [2.05, 4.69) is 29.5 Å². The molecule has 1 aromatic heterocycles. The van der Waals surface area contributed by atoms with E-state index in [9.17, 15) is 5.11 Å². The van der Waals surface area contributed by atoms with Gasteiger partial charge in [0.1, 0.15) is 0 Å². The van der Waals surface area contributed by atoms with Gasteiger partial charge in [0.05, 0.1) is 5.60 Å². The summed E-state index contributed by atoms with van der Waals surface area (Å²) < 4.78 is 0. The summed E-state index contributed by atoms with van der Waals surface area (Å²) in [6.45, 7) is 1.93. The zero-order chi connectivity index (χ0) is 10.7. The average molecular weight is 225 g/mol. The molecule has 0 bridgehead atoms. The molecule has 1 aliphatic rings. The summed E-state index contributed by atoms with van der Waals surface area (Å²) in [4.78, 5) is 3.55. The monoisotopic (exact) mass is 225 g/mol. The van der Waals surface area contributed by atoms with Crippen LogP contribution in [-0.2, 0) is 6.42 Å². The van der Waals surface area contributed by atoms with Crippen LogP contribution in [-0.4, -0.2) is 35.7 Å². The molecule has 0 radical (unpaired) electrons. The summed E-state index contributed by atoms with van der Waals surface area (Å²) in [5.74, 6) is 0. The standard InChI is InChI=1S/C12H19NOS/c1-13-7-3-2-6-12(14,10-13)9-11-5-4-8-15-11/h4-5,8,14H,2-3,6-7,9-10H2,1H3. The van der Waals surface area contributed by atoms with Crippen molar-refractivity contribution < 1.29 is 5.11 Å². The number of aliphatic hydroxyl groups is 1. The Hall–Kier alpha value is -0.380. The van der Waals surface area contributed by atoms with Crippen LogP contribution in [0.3, 0.4) is 0 Å². The van der Waals surface area contributed by atoms with Crippen LogP contribution in [0.25, 0.3) is 0 Å². The van der Waals surface area contributed by atoms with Crippen molar-refractivity contribution in [3.63, 3.8) is 0 Å². The molecule has 1 atom stereocenters. The fourth-order valence-corrected chi connectivity index (χ4v) is 3.22. The minimum atomic E-state index is -0.504. The van der Waals surface area contributed by atoms with Crippen LogP contribution < -0.4 is 0 Å². The van der Waals surface area contributed by atoms with E-state index in [0.29, 0.717) is 0 Å². The van der Waals surface area contributed by atoms with Gasteiger partial charge in [0.15, 0.2) is 0 Å². The summed E-state index contributed by atoms with van der Waals surface area (Å²) in [6, 6.07) is 4.18. The second kappa shape index (κ2) is 4.64. The SMILES string of the molecule is CN1CCCCC(O)(Cc2cccs2)C1. The van der Waals surface area contributed by atoms with E-state index in [0.717, 1.165) is 32.4 Å². The largest absolute Gasteiger partial charge is 0.388 e. The number of nitrogens with zero attached hydrogens (tertiary/aromatic N) is 1. The Morgan fingerprint density at radius 3 is 3.13 bits per heavy atom. The molecule has 1 aliphatic heterocycles. The van der Waals surface area contributed by atoms with Crippen LogP contribution >= 0.6 is 11.3 Å². The zero-order valence-electron chi connectivity index (χ0n) is 9.28. The van der Waals surface area contributed by atoms with Gasteiger partial charge in [-0.15, -0.1) is 11.3 Å². The van der Waals surface area contributed by atoms with Gasteiger partial charge in [0, 0.05) is 17.8 Å². The number of thiophene rings is 1. The highest BCUT2D eigenvalue weighted by Crippen LogP contribution is 2.26. The normalized spacial score (nSPS) is 28.9. The van der Waals surface area contributed by atoms with Crippen molar-refractivity contribution in [2.24, 2.45) is 0 Å². The molecule has 1 N–H and O–H groups in total. The van der Waals surface area contributed by atoms with Gasteiger partial charge in [-0.1, -0.05) is 6.07 Å². The molecule has 84 valence electrons. The third kappa shape index (κ3) is 3.03. The van der Waals surface area contributed by atoms with Crippen molar-refractivity contribution in [2.75, 3.05) is 20.1 Å². The van der Waals surface area contributed by atoms with Crippen LogP contribution in [0.1, 0.15) is 24.1 Å². The zero-order valence-corrected chi connectivity index (χ0v) is 10.1. The highest BCUT2D eigenvalue weighted by atomic mass is 32.1. The third-order valence-corrected chi connectivity index (χ3v) is 3.96. The molecule has 0 saturated carbocycles. The number of likely N-dealkylation sites (tertiary alicyclic amines) is 1. The summed E-state index contributed by atoms with van der Waals surface area (Å²) in [6.07, 6.45) is 4.11. The first-order valence-corrected chi connectivity index (χ1v) is 6.49. The van der Waals surface area contributed by atoms with Gasteiger partial charge in [0.25, 0.3) is 0 Å². The van der Waals surface area contributed by atoms with Gasteiger partial charge in [-0.2, -0.15) is 0 Å². The molecule has 0 aromatic carbocycles. The number of β-amino-alcohol motifs (C(OH)–C–C–N with tert-alkyl or cyclic N) is 1. The summed E-state index contributed by atoms with van der Waals surface area (Å²) in [5.41, 5.74) is -0.504. The molecule has 1 saturated heterocycles. The fourth-order valence-electron chi connectivity index (χ4n) is 2.38. The molecule has 1 unspecified atom stereocenters. The molecular weight excluding hydrogens is 206 g/mol. The van der Waals surface area contributed by atoms with Gasteiger partial charge in [0.2, 0.25) is 0 Å². The molecule has 3 heteroatoms. The predicted octanol–water partition coefficient (Wildman–Crippen LogP) is 2.14. The van der Waals surface area contributed by atoms with E-state index in [1.165, 1.54) is 11.3 Å². The van der Waals surface area contributed by atoms with Crippen molar-refractivity contribution >= 4 is 11.3 Å². The number of hydrogen-bond donors (Lipinski definition) is 1. The van der Waals surface area contributed by atoms with E-state index in [-0.39, 0.29) is 0 Å². The van der Waals surface area contributed by atoms with Crippen molar-refractivity contribution in [1.82, 2.24) is 4.90 Å². The van der Waals surface area contributed by atoms with Crippen molar-refractivity contribution in [3.05, 3.63) is 22.4 Å². The Kier molecular flexibility index (Phi) is 3.44. The van der Waals surface area contributed by atoms with Gasteiger partial charge >= 0.3 is 0 Å². The van der Waals surface area contributed by atoms with Gasteiger partial charge in [-0.05, 0) is 44.3 Å². The summed E-state index contributed by atoms with van der Waals surface area (Å²) in [7, 11) is 2.10. The van der Waals surface area contributed by atoms with E-state index in [4.69, 9.17) is 0 Å². The summed E-state index contributed by atoms with van der Waals surface area (Å²) >= 11 is 1.74. The Morgan fingerprint density at radius 1 is 1.53 bits per heavy atom. The van der Waals surface area contributed by atoms with Crippen molar-refractivity contribution in [3.8, 4) is 0 Å². The van der Waals surface area contributed by atoms with Crippen LogP contribution in [0.5, 0.6) is 0 Å². The van der Waals surface area contributed by atoms with E-state index in [1.54, 1.807) is 11.3 Å². The second-order valence-electron chi connectivity index (χ2n) is 4.68. The maximum atomic E-state index is 10.6. The lowest BCUT2D eigenvalue weighted by molar-refractivity contribution is 0.0131. The predicted molar refractivity (Wildman–Crippen MR) is 64.3 cm³/mol. The topological polar surface area (TPSA) is 23.5 Å². The second-order valence-corrected chi connectivity index (χ2v) is 5.71. The van der Waals surface area contributed by atoms with E-state index >= 15 is 0 Å². The Morgan fingerprint density at radius 2 is 2.40 bits per heavy atom. The molecule has 0 amide bonds. The smallest absolute Gasteiger partial charge is 0.0821 e. The van der Waals surface area contributed by atoms with Crippen LogP contribution in [0.2, 0.25) is 0 Å². The maximum absolute atomic E-state index is 10.6. The molecule has 15 heavy (non-hydrogen) atoms. The first kappa shape index (κ1) is 11.1. The summed E-state index contributed by atoms with van der Waals surface area (Å²) in [5, 5.41) is 12.6. The number of hydrogen-bond acceptors (Lipinski definition) is 3. The van der Waals surface area contributed by atoms with Crippen LogP contribution in [0.4, 0.5) is 0 Å². The highest BCUT2D eigenvalue weighted by molar-refractivity contribution is 7.09. The maximum Gasteiger partial charge on any atom is 0.0821 e. The third-order valence-electron chi connectivity index (χ3n) is 3.08. The van der Waals surface area contributed by atoms with Crippen molar-refractivity contribution in [2.45, 2.75) is 31.3 Å². The molecule has 2 nitrogen and oxygen atoms in total. The van der Waals surface area contributed by atoms with Crippen LogP contribution in [0, 0.1) is 0 Å². The van der Waals surface area contributed by atoms with Gasteiger partial charge < -0.3 is 10.0 Å². The Bertz CT molecular complexity index is 299. The van der Waals surface area contributed by atoms with E-state index < -0.39 is 5.60 Å². The molecule has 1 aromatic rings. The first-order valence-electron chi connectivity index (χ1n) is 5.61. The number of likely N-dealkylation sites (N-methyl/N-ethyl adjacent to an activating group) is 1. The van der Waals surface area contributed by atoms with E-state index in [1.807, 2.05) is 0 Å². The minimum Gasteiger partial charge on any atom is -0.388 e. The lowest BCUT2D eigenvalue weighted by Crippen LogP contribution is -2.41. The molecular formula is C12H19NOS. The lowest BCUT2D eigenvalue weighted by Gasteiger charge is -2.29. The number of rotatable bonds is 2. The molecule has 0 aliphatic carbocycles. The lowest BCUT2D eigenvalue weighted by atomic mass is 9.93. The van der Waals surface area contributed by atoms with Crippen LogP contribution in [0.15, 0.2) is 17.5 Å². The molecule has 0 spiro atoms.